The third-order valence-corrected chi connectivity index (χ3v) is 9.86. The SMILES string of the molecule is COc1cc(C(=O)N2C[C@H](N)CC[C@@H]2C)cc2nc(-c3cc4ccc(N(SC)C5CC5)nc4n3CC3CC3)n(C)c12. The van der Waals surface area contributed by atoms with Gasteiger partial charge in [0.1, 0.15) is 22.7 Å². The largest absolute Gasteiger partial charge is 0.494 e. The number of hydrogen-bond acceptors (Lipinski definition) is 7. The number of rotatable bonds is 8. The van der Waals surface area contributed by atoms with E-state index < -0.39 is 0 Å². The Morgan fingerprint density at radius 1 is 1.12 bits per heavy atom. The molecule has 4 heterocycles. The van der Waals surface area contributed by atoms with Crippen LogP contribution in [-0.2, 0) is 13.6 Å². The summed E-state index contributed by atoms with van der Waals surface area (Å²) in [7, 11) is 3.68. The van der Waals surface area contributed by atoms with Crippen molar-refractivity contribution >= 4 is 45.7 Å². The fraction of sp³-hybridized carbons (Fsp3) is 0.516. The predicted octanol–water partition coefficient (Wildman–Crippen LogP) is 5.21. The van der Waals surface area contributed by atoms with Crippen LogP contribution in [0.25, 0.3) is 33.6 Å². The Bertz CT molecular complexity index is 1640. The number of anilines is 1. The number of imidazole rings is 1. The molecule has 1 aliphatic heterocycles. The number of benzene rings is 1. The van der Waals surface area contributed by atoms with Gasteiger partial charge in [0.25, 0.3) is 5.91 Å². The fourth-order valence-electron chi connectivity index (χ4n) is 6.31. The lowest BCUT2D eigenvalue weighted by Crippen LogP contribution is -2.50. The highest BCUT2D eigenvalue weighted by atomic mass is 32.2. The molecule has 9 nitrogen and oxygen atoms in total. The molecule has 0 spiro atoms. The molecule has 10 heteroatoms. The molecule has 41 heavy (non-hydrogen) atoms. The summed E-state index contributed by atoms with van der Waals surface area (Å²) < 4.78 is 12.7. The Balaban J connectivity index is 1.33. The molecule has 0 unspecified atom stereocenters. The van der Waals surface area contributed by atoms with Gasteiger partial charge in [-0.25, -0.2) is 9.97 Å². The van der Waals surface area contributed by atoms with Crippen LogP contribution in [-0.4, -0.2) is 67.9 Å². The molecule has 1 saturated heterocycles. The normalized spacial score (nSPS) is 21.1. The first-order valence-corrected chi connectivity index (χ1v) is 16.0. The van der Waals surface area contributed by atoms with Gasteiger partial charge >= 0.3 is 0 Å². The number of aryl methyl sites for hydroxylation is 1. The number of piperidine rings is 1. The predicted molar refractivity (Wildman–Crippen MR) is 165 cm³/mol. The maximum Gasteiger partial charge on any atom is 0.254 e. The Morgan fingerprint density at radius 2 is 1.93 bits per heavy atom. The molecule has 2 saturated carbocycles. The average molecular weight is 574 g/mol. The van der Waals surface area contributed by atoms with Gasteiger partial charge in [-0.3, -0.25) is 9.10 Å². The number of nitrogens with two attached hydrogens (primary N) is 1. The lowest BCUT2D eigenvalue weighted by atomic mass is 9.99. The van der Waals surface area contributed by atoms with Crippen LogP contribution in [0.1, 0.15) is 55.8 Å². The number of nitrogens with zero attached hydrogens (tertiary/aromatic N) is 6. The number of pyridine rings is 1. The zero-order chi connectivity index (χ0) is 28.4. The van der Waals surface area contributed by atoms with Crippen LogP contribution in [0.3, 0.4) is 0 Å². The number of methoxy groups -OCH3 is 1. The highest BCUT2D eigenvalue weighted by Gasteiger charge is 2.32. The van der Waals surface area contributed by atoms with E-state index in [-0.39, 0.29) is 18.0 Å². The van der Waals surface area contributed by atoms with E-state index in [1.165, 1.54) is 25.7 Å². The second kappa shape index (κ2) is 10.2. The van der Waals surface area contributed by atoms with Crippen LogP contribution in [0.5, 0.6) is 5.75 Å². The molecular weight excluding hydrogens is 534 g/mol. The van der Waals surface area contributed by atoms with Gasteiger partial charge in [0, 0.05) is 55.5 Å². The van der Waals surface area contributed by atoms with Crippen molar-refractivity contribution in [3.8, 4) is 17.3 Å². The highest BCUT2D eigenvalue weighted by Crippen LogP contribution is 2.40. The summed E-state index contributed by atoms with van der Waals surface area (Å²) in [6, 6.07) is 11.1. The topological polar surface area (TPSA) is 94.4 Å². The number of aromatic nitrogens is 4. The molecule has 0 bridgehead atoms. The molecular formula is C31H39N7O2S. The van der Waals surface area contributed by atoms with Crippen LogP contribution in [0.4, 0.5) is 5.82 Å². The van der Waals surface area contributed by atoms with Crippen molar-refractivity contribution in [2.24, 2.45) is 18.7 Å². The summed E-state index contributed by atoms with van der Waals surface area (Å²) in [5, 5.41) is 1.12. The molecule has 3 fully saturated rings. The fourth-order valence-corrected chi connectivity index (χ4v) is 7.11. The number of hydrogen-bond donors (Lipinski definition) is 1. The lowest BCUT2D eigenvalue weighted by molar-refractivity contribution is 0.0612. The number of ether oxygens (including phenoxy) is 1. The van der Waals surface area contributed by atoms with Crippen LogP contribution in [0, 0.1) is 5.92 Å². The first-order valence-electron chi connectivity index (χ1n) is 14.8. The van der Waals surface area contributed by atoms with Crippen molar-refractivity contribution in [2.45, 2.75) is 70.1 Å². The number of amides is 1. The monoisotopic (exact) mass is 573 g/mol. The van der Waals surface area contributed by atoms with Crippen molar-refractivity contribution in [3.05, 3.63) is 35.9 Å². The average Bonchev–Trinajstić information content (AvgIpc) is 3.91. The summed E-state index contributed by atoms with van der Waals surface area (Å²) in [6.45, 7) is 3.59. The van der Waals surface area contributed by atoms with Gasteiger partial charge in [-0.15, -0.1) is 0 Å². The van der Waals surface area contributed by atoms with E-state index in [4.69, 9.17) is 20.4 Å². The van der Waals surface area contributed by atoms with Crippen LogP contribution in [0.2, 0.25) is 0 Å². The van der Waals surface area contributed by atoms with Gasteiger partial charge in [-0.1, -0.05) is 11.9 Å². The molecule has 1 amide bonds. The molecule has 2 aliphatic carbocycles. The van der Waals surface area contributed by atoms with E-state index in [1.807, 2.05) is 24.1 Å². The number of carbonyl (C=O) groups is 1. The van der Waals surface area contributed by atoms with E-state index in [0.717, 1.165) is 58.8 Å². The van der Waals surface area contributed by atoms with Crippen LogP contribution in [0.15, 0.2) is 30.3 Å². The van der Waals surface area contributed by atoms with Crippen molar-refractivity contribution < 1.29 is 9.53 Å². The summed E-state index contributed by atoms with van der Waals surface area (Å²) in [4.78, 5) is 25.9. The zero-order valence-electron chi connectivity index (χ0n) is 24.3. The number of likely N-dealkylation sites (tertiary alicyclic amines) is 1. The van der Waals surface area contributed by atoms with E-state index in [1.54, 1.807) is 19.1 Å². The Kier molecular flexibility index (Phi) is 6.65. The number of carbonyl (C=O) groups excluding carboxylic acids is 1. The lowest BCUT2D eigenvalue weighted by Gasteiger charge is -2.36. The summed E-state index contributed by atoms with van der Waals surface area (Å²) in [5.74, 6) is 3.16. The second-order valence-corrected chi connectivity index (χ2v) is 12.8. The smallest absolute Gasteiger partial charge is 0.254 e. The molecule has 216 valence electrons. The Hall–Kier alpha value is -3.24. The van der Waals surface area contributed by atoms with Crippen LogP contribution >= 0.6 is 11.9 Å². The minimum absolute atomic E-state index is 0.0111. The summed E-state index contributed by atoms with van der Waals surface area (Å²) in [6.07, 6.45) is 8.94. The van der Waals surface area contributed by atoms with Gasteiger partial charge < -0.3 is 24.5 Å². The van der Waals surface area contributed by atoms with Crippen molar-refractivity contribution in [1.29, 1.82) is 0 Å². The maximum absolute atomic E-state index is 13.7. The van der Waals surface area contributed by atoms with Gasteiger partial charge in [-0.2, -0.15) is 0 Å². The van der Waals surface area contributed by atoms with E-state index in [2.05, 4.69) is 44.8 Å². The summed E-state index contributed by atoms with van der Waals surface area (Å²) >= 11 is 1.75. The quantitative estimate of drug-likeness (QED) is 0.289. The molecule has 1 aromatic carbocycles. The molecule has 0 radical (unpaired) electrons. The molecule has 7 rings (SSSR count). The third kappa shape index (κ3) is 4.74. The molecule has 3 aromatic heterocycles. The standard InChI is InChI=1S/C31H39N7O2S/c1-18-5-9-22(32)17-36(18)31(39)21-13-24-28(26(15-21)40-3)35(2)30(33-24)25-14-20-8-12-27(38(41-4)23-10-11-23)34-29(20)37(25)16-19-6-7-19/h8,12-15,18-19,22-23H,5-7,9-11,16-17,32H2,1-4H3/t18-,22+/m0/s1. The van der Waals surface area contributed by atoms with Crippen LogP contribution < -0.4 is 14.8 Å². The first-order chi connectivity index (χ1) is 19.9. The van der Waals surface area contributed by atoms with E-state index >= 15 is 0 Å². The minimum atomic E-state index is -0.0198. The second-order valence-electron chi connectivity index (χ2n) is 12.1. The highest BCUT2D eigenvalue weighted by molar-refractivity contribution is 8.00. The Morgan fingerprint density at radius 3 is 2.63 bits per heavy atom. The molecule has 3 aliphatic rings. The third-order valence-electron chi connectivity index (χ3n) is 8.98. The number of fused-ring (bicyclic) bond motifs is 2. The van der Waals surface area contributed by atoms with Crippen molar-refractivity contribution in [2.75, 3.05) is 24.2 Å². The first kappa shape index (κ1) is 26.6. The van der Waals surface area contributed by atoms with Gasteiger partial charge in [0.05, 0.1) is 18.3 Å². The van der Waals surface area contributed by atoms with E-state index in [0.29, 0.717) is 29.8 Å². The maximum atomic E-state index is 13.7. The van der Waals surface area contributed by atoms with E-state index in [9.17, 15) is 4.79 Å². The van der Waals surface area contributed by atoms with Crippen molar-refractivity contribution in [1.82, 2.24) is 24.0 Å². The van der Waals surface area contributed by atoms with Gasteiger partial charge in [0.2, 0.25) is 0 Å². The molecule has 4 aromatic rings. The molecule has 2 N–H and O–H groups in total. The molecule has 2 atom stereocenters. The van der Waals surface area contributed by atoms with Gasteiger partial charge in [-0.05, 0) is 81.7 Å². The summed E-state index contributed by atoms with van der Waals surface area (Å²) in [5.41, 5.74) is 10.5. The Labute approximate surface area is 245 Å². The zero-order valence-corrected chi connectivity index (χ0v) is 25.2. The van der Waals surface area contributed by atoms with Gasteiger partial charge in [0.15, 0.2) is 5.82 Å². The minimum Gasteiger partial charge on any atom is -0.494 e. The van der Waals surface area contributed by atoms with Crippen molar-refractivity contribution in [3.63, 3.8) is 0 Å².